The van der Waals surface area contributed by atoms with Gasteiger partial charge in [-0.1, -0.05) is 19.3 Å². The predicted molar refractivity (Wildman–Crippen MR) is 78.0 cm³/mol. The molecule has 1 aliphatic rings. The number of rotatable bonds is 5. The van der Waals surface area contributed by atoms with E-state index in [1.54, 1.807) is 19.2 Å². The highest BCUT2D eigenvalue weighted by molar-refractivity contribution is 5.43. The van der Waals surface area contributed by atoms with Crippen molar-refractivity contribution in [2.24, 2.45) is 0 Å². The molecule has 1 aliphatic carbocycles. The van der Waals surface area contributed by atoms with E-state index in [1.807, 2.05) is 0 Å². The fraction of sp³-hybridized carbons (Fsp3) is 0.600. The number of ether oxygens (including phenoxy) is 1. The Kier molecular flexibility index (Phi) is 4.60. The molecule has 0 radical (unpaired) electrons. The summed E-state index contributed by atoms with van der Waals surface area (Å²) in [5, 5.41) is 14.4. The van der Waals surface area contributed by atoms with Crippen LogP contribution in [0.15, 0.2) is 18.2 Å². The van der Waals surface area contributed by atoms with Gasteiger partial charge in [-0.25, -0.2) is 0 Å². The number of benzene rings is 1. The molecule has 2 rings (SSSR count). The molecule has 0 unspecified atom stereocenters. The summed E-state index contributed by atoms with van der Waals surface area (Å²) in [6.07, 6.45) is 6.11. The van der Waals surface area contributed by atoms with Gasteiger partial charge in [-0.15, -0.1) is 0 Å². The van der Waals surface area contributed by atoms with Crippen molar-refractivity contribution < 1.29 is 9.66 Å². The molecule has 0 amide bonds. The van der Waals surface area contributed by atoms with Crippen LogP contribution in [-0.4, -0.2) is 17.6 Å². The number of non-ortho nitro benzene ring substituents is 1. The zero-order valence-electron chi connectivity index (χ0n) is 12.1. The Bertz CT molecular complexity index is 482. The largest absolute Gasteiger partial charge is 0.496 e. The lowest BCUT2D eigenvalue weighted by molar-refractivity contribution is -0.384. The van der Waals surface area contributed by atoms with Crippen LogP contribution in [0.4, 0.5) is 5.69 Å². The van der Waals surface area contributed by atoms with E-state index in [4.69, 9.17) is 4.74 Å². The first-order chi connectivity index (χ1) is 9.54. The fourth-order valence-electron chi connectivity index (χ4n) is 2.83. The molecule has 20 heavy (non-hydrogen) atoms. The van der Waals surface area contributed by atoms with E-state index in [1.165, 1.54) is 25.3 Å². The van der Waals surface area contributed by atoms with E-state index < -0.39 is 0 Å². The smallest absolute Gasteiger partial charge is 0.270 e. The molecule has 110 valence electrons. The lowest BCUT2D eigenvalue weighted by Crippen LogP contribution is -2.43. The van der Waals surface area contributed by atoms with Crippen LogP contribution in [0.3, 0.4) is 0 Å². The highest BCUT2D eigenvalue weighted by atomic mass is 16.6. The quantitative estimate of drug-likeness (QED) is 0.662. The Morgan fingerprint density at radius 3 is 2.65 bits per heavy atom. The van der Waals surface area contributed by atoms with Gasteiger partial charge in [0.25, 0.3) is 5.69 Å². The van der Waals surface area contributed by atoms with Crippen molar-refractivity contribution in [3.63, 3.8) is 0 Å². The average molecular weight is 278 g/mol. The molecule has 0 aliphatic heterocycles. The second-order valence-electron chi connectivity index (χ2n) is 5.73. The molecule has 5 heteroatoms. The summed E-state index contributed by atoms with van der Waals surface area (Å²) in [4.78, 5) is 10.5. The molecule has 0 saturated heterocycles. The number of nitro groups is 1. The molecule has 0 atom stereocenters. The Morgan fingerprint density at radius 2 is 2.05 bits per heavy atom. The Balaban J connectivity index is 2.10. The van der Waals surface area contributed by atoms with E-state index in [0.717, 1.165) is 18.4 Å². The summed E-state index contributed by atoms with van der Waals surface area (Å²) in [7, 11) is 1.59. The minimum atomic E-state index is -0.370. The molecule has 1 fully saturated rings. The molecular formula is C15H22N2O3. The molecule has 5 nitrogen and oxygen atoms in total. The third kappa shape index (κ3) is 3.48. The van der Waals surface area contributed by atoms with Crippen LogP contribution in [0, 0.1) is 10.1 Å². The Hall–Kier alpha value is -1.62. The summed E-state index contributed by atoms with van der Waals surface area (Å²) in [6, 6.07) is 4.74. The Labute approximate surface area is 119 Å². The van der Waals surface area contributed by atoms with E-state index >= 15 is 0 Å². The van der Waals surface area contributed by atoms with Gasteiger partial charge in [0.15, 0.2) is 0 Å². The van der Waals surface area contributed by atoms with Gasteiger partial charge >= 0.3 is 0 Å². The minimum absolute atomic E-state index is 0.108. The number of hydrogen-bond acceptors (Lipinski definition) is 4. The van der Waals surface area contributed by atoms with Crippen molar-refractivity contribution in [1.82, 2.24) is 5.32 Å². The van der Waals surface area contributed by atoms with Gasteiger partial charge in [-0.05, 0) is 25.8 Å². The molecule has 1 saturated carbocycles. The third-order valence-corrected chi connectivity index (χ3v) is 4.14. The first kappa shape index (κ1) is 14.8. The van der Waals surface area contributed by atoms with E-state index in [2.05, 4.69) is 12.2 Å². The van der Waals surface area contributed by atoms with Gasteiger partial charge in [0.2, 0.25) is 0 Å². The maximum atomic E-state index is 10.9. The fourth-order valence-corrected chi connectivity index (χ4v) is 2.83. The average Bonchev–Trinajstić information content (AvgIpc) is 2.45. The number of hydrogen-bond donors (Lipinski definition) is 1. The van der Waals surface area contributed by atoms with Gasteiger partial charge in [0.05, 0.1) is 12.0 Å². The lowest BCUT2D eigenvalue weighted by Gasteiger charge is -2.35. The van der Waals surface area contributed by atoms with Crippen molar-refractivity contribution in [1.29, 1.82) is 0 Å². The molecule has 0 spiro atoms. The summed E-state index contributed by atoms with van der Waals surface area (Å²) < 4.78 is 5.29. The van der Waals surface area contributed by atoms with Gasteiger partial charge in [0.1, 0.15) is 5.75 Å². The number of nitro benzene ring substituents is 1. The molecule has 0 heterocycles. The minimum Gasteiger partial charge on any atom is -0.496 e. The molecule has 1 aromatic carbocycles. The standard InChI is InChI=1S/C15H22N2O3/c1-15(8-4-3-5-9-15)16-11-12-10-13(17(18)19)6-7-14(12)20-2/h6-7,10,16H,3-5,8-9,11H2,1-2H3. The van der Waals surface area contributed by atoms with Crippen molar-refractivity contribution in [2.75, 3.05) is 7.11 Å². The van der Waals surface area contributed by atoms with Gasteiger partial charge in [-0.3, -0.25) is 10.1 Å². The summed E-state index contributed by atoms with van der Waals surface area (Å²) in [5.41, 5.74) is 1.08. The third-order valence-electron chi connectivity index (χ3n) is 4.14. The SMILES string of the molecule is COc1ccc([N+](=O)[O-])cc1CNC1(C)CCCCC1. The van der Waals surface area contributed by atoms with Crippen LogP contribution >= 0.6 is 0 Å². The van der Waals surface area contributed by atoms with E-state index in [-0.39, 0.29) is 16.1 Å². The van der Waals surface area contributed by atoms with E-state index in [0.29, 0.717) is 12.3 Å². The topological polar surface area (TPSA) is 64.4 Å². The van der Waals surface area contributed by atoms with Crippen molar-refractivity contribution in [3.05, 3.63) is 33.9 Å². The zero-order valence-corrected chi connectivity index (χ0v) is 12.1. The lowest BCUT2D eigenvalue weighted by atomic mass is 9.83. The molecule has 1 aromatic rings. The molecule has 1 N–H and O–H groups in total. The zero-order chi connectivity index (χ0) is 14.6. The van der Waals surface area contributed by atoms with Crippen molar-refractivity contribution in [2.45, 2.75) is 51.1 Å². The normalized spacial score (nSPS) is 17.7. The van der Waals surface area contributed by atoms with Gasteiger partial charge < -0.3 is 10.1 Å². The van der Waals surface area contributed by atoms with Gasteiger partial charge in [0, 0.05) is 29.8 Å². The maximum absolute atomic E-state index is 10.9. The maximum Gasteiger partial charge on any atom is 0.270 e. The molecule has 0 bridgehead atoms. The number of nitrogens with one attached hydrogen (secondary N) is 1. The highest BCUT2D eigenvalue weighted by Crippen LogP contribution is 2.29. The predicted octanol–water partition coefficient (Wildman–Crippen LogP) is 3.42. The number of nitrogens with zero attached hydrogens (tertiary/aromatic N) is 1. The monoisotopic (exact) mass is 278 g/mol. The molecular weight excluding hydrogens is 256 g/mol. The van der Waals surface area contributed by atoms with Gasteiger partial charge in [-0.2, -0.15) is 0 Å². The number of methoxy groups -OCH3 is 1. The highest BCUT2D eigenvalue weighted by Gasteiger charge is 2.26. The molecule has 0 aromatic heterocycles. The van der Waals surface area contributed by atoms with Crippen molar-refractivity contribution in [3.8, 4) is 5.75 Å². The first-order valence-corrected chi connectivity index (χ1v) is 7.10. The van der Waals surface area contributed by atoms with Crippen LogP contribution in [0.2, 0.25) is 0 Å². The summed E-state index contributed by atoms with van der Waals surface area (Å²) >= 11 is 0. The second-order valence-corrected chi connectivity index (χ2v) is 5.73. The summed E-state index contributed by atoms with van der Waals surface area (Å²) in [6.45, 7) is 2.83. The second kappa shape index (κ2) is 6.22. The van der Waals surface area contributed by atoms with E-state index in [9.17, 15) is 10.1 Å². The van der Waals surface area contributed by atoms with Crippen LogP contribution in [0.1, 0.15) is 44.6 Å². The van der Waals surface area contributed by atoms with Crippen LogP contribution in [-0.2, 0) is 6.54 Å². The van der Waals surface area contributed by atoms with Crippen LogP contribution in [0.25, 0.3) is 0 Å². The summed E-state index contributed by atoms with van der Waals surface area (Å²) in [5.74, 6) is 0.697. The van der Waals surface area contributed by atoms with Crippen LogP contribution < -0.4 is 10.1 Å². The van der Waals surface area contributed by atoms with Crippen LogP contribution in [0.5, 0.6) is 5.75 Å². The first-order valence-electron chi connectivity index (χ1n) is 7.10. The van der Waals surface area contributed by atoms with Crippen molar-refractivity contribution >= 4 is 5.69 Å². The Morgan fingerprint density at radius 1 is 1.35 bits per heavy atom.